The Morgan fingerprint density at radius 1 is 1.15 bits per heavy atom. The van der Waals surface area contributed by atoms with Gasteiger partial charge in [-0.05, 0) is 43.5 Å². The lowest BCUT2D eigenvalue weighted by Crippen LogP contribution is -2.44. The number of hydrogen-bond acceptors (Lipinski definition) is 3. The van der Waals surface area contributed by atoms with Gasteiger partial charge in [-0.3, -0.25) is 14.7 Å². The first-order chi connectivity index (χ1) is 13.2. The fourth-order valence-electron chi connectivity index (χ4n) is 3.86. The van der Waals surface area contributed by atoms with Crippen LogP contribution in [0.4, 0.5) is 0 Å². The average molecular weight is 372 g/mol. The van der Waals surface area contributed by atoms with Crippen LogP contribution in [-0.2, 0) is 17.9 Å². The Morgan fingerprint density at radius 2 is 1.85 bits per heavy atom. The minimum atomic E-state index is 0.233. The summed E-state index contributed by atoms with van der Waals surface area (Å²) in [5, 5.41) is 6.83. The highest BCUT2D eigenvalue weighted by Crippen LogP contribution is 2.13. The van der Waals surface area contributed by atoms with E-state index in [9.17, 15) is 4.79 Å². The van der Waals surface area contributed by atoms with Gasteiger partial charge in [0, 0.05) is 45.7 Å². The van der Waals surface area contributed by atoms with Crippen molar-refractivity contribution in [3.8, 4) is 0 Å². The normalized spacial score (nSPS) is 20.9. The second-order valence-electron chi connectivity index (χ2n) is 7.55. The van der Waals surface area contributed by atoms with E-state index < -0.39 is 0 Å². The van der Waals surface area contributed by atoms with Gasteiger partial charge in [-0.1, -0.05) is 31.2 Å². The van der Waals surface area contributed by atoms with Crippen LogP contribution in [-0.4, -0.2) is 60.9 Å². The number of hydrogen-bond donors (Lipinski definition) is 2. The maximum atomic E-state index is 11.8. The molecule has 6 nitrogen and oxygen atoms in total. The van der Waals surface area contributed by atoms with Crippen molar-refractivity contribution in [2.24, 2.45) is 4.99 Å². The van der Waals surface area contributed by atoms with E-state index in [-0.39, 0.29) is 11.9 Å². The second-order valence-corrected chi connectivity index (χ2v) is 7.55. The number of nitrogens with zero attached hydrogens (tertiary/aromatic N) is 3. The van der Waals surface area contributed by atoms with Crippen LogP contribution in [0.2, 0.25) is 0 Å². The predicted molar refractivity (Wildman–Crippen MR) is 110 cm³/mol. The van der Waals surface area contributed by atoms with E-state index >= 15 is 0 Å². The second kappa shape index (κ2) is 9.74. The van der Waals surface area contributed by atoms with Gasteiger partial charge in [0.25, 0.3) is 0 Å². The fraction of sp³-hybridized carbons (Fsp3) is 0.619. The fourth-order valence-corrected chi connectivity index (χ4v) is 3.86. The number of aliphatic imine (C=N–C) groups is 1. The molecule has 27 heavy (non-hydrogen) atoms. The molecular weight excluding hydrogens is 338 g/mol. The lowest BCUT2D eigenvalue weighted by molar-refractivity contribution is -0.129. The summed E-state index contributed by atoms with van der Waals surface area (Å²) >= 11 is 0. The van der Waals surface area contributed by atoms with Crippen molar-refractivity contribution in [2.75, 3.05) is 33.2 Å². The van der Waals surface area contributed by atoms with E-state index in [2.05, 4.69) is 44.8 Å². The Labute approximate surface area is 163 Å². The number of rotatable bonds is 6. The summed E-state index contributed by atoms with van der Waals surface area (Å²) < 4.78 is 0. The standard InChI is InChI=1S/C21H33N5O/c1-3-20(27)26-13-10-19(16-26)24-21(22-2)23-14-17-6-8-18(9-7-17)15-25-11-4-5-12-25/h6-9,19H,3-5,10-16H2,1-2H3,(H2,22,23,24). The first-order valence-corrected chi connectivity index (χ1v) is 10.2. The topological polar surface area (TPSA) is 60.0 Å². The highest BCUT2D eigenvalue weighted by atomic mass is 16.2. The van der Waals surface area contributed by atoms with Crippen LogP contribution in [0.1, 0.15) is 43.7 Å². The van der Waals surface area contributed by atoms with E-state index in [0.29, 0.717) is 6.42 Å². The Kier molecular flexibility index (Phi) is 7.10. The van der Waals surface area contributed by atoms with Gasteiger partial charge in [0.05, 0.1) is 0 Å². The van der Waals surface area contributed by atoms with Gasteiger partial charge in [0.15, 0.2) is 5.96 Å². The van der Waals surface area contributed by atoms with Gasteiger partial charge in [0.2, 0.25) is 5.91 Å². The number of carbonyl (C=O) groups is 1. The Bertz CT molecular complexity index is 636. The molecule has 2 saturated heterocycles. The summed E-state index contributed by atoms with van der Waals surface area (Å²) in [6, 6.07) is 9.13. The predicted octanol–water partition coefficient (Wildman–Crippen LogP) is 1.96. The molecule has 0 bridgehead atoms. The molecule has 2 N–H and O–H groups in total. The van der Waals surface area contributed by atoms with Gasteiger partial charge in [-0.25, -0.2) is 0 Å². The molecule has 148 valence electrons. The highest BCUT2D eigenvalue weighted by molar-refractivity contribution is 5.80. The quantitative estimate of drug-likeness (QED) is 0.593. The van der Waals surface area contributed by atoms with E-state index in [0.717, 1.165) is 38.6 Å². The van der Waals surface area contributed by atoms with Crippen LogP contribution in [0.3, 0.4) is 0 Å². The minimum Gasteiger partial charge on any atom is -0.352 e. The molecule has 0 aromatic heterocycles. The molecule has 0 aliphatic carbocycles. The molecule has 3 rings (SSSR count). The molecule has 2 aliphatic rings. The van der Waals surface area contributed by atoms with Gasteiger partial charge in [-0.2, -0.15) is 0 Å². The largest absolute Gasteiger partial charge is 0.352 e. The smallest absolute Gasteiger partial charge is 0.222 e. The average Bonchev–Trinajstić information content (AvgIpc) is 3.37. The van der Waals surface area contributed by atoms with Crippen molar-refractivity contribution in [1.82, 2.24) is 20.4 Å². The van der Waals surface area contributed by atoms with Crippen molar-refractivity contribution < 1.29 is 4.79 Å². The highest BCUT2D eigenvalue weighted by Gasteiger charge is 2.25. The first-order valence-electron chi connectivity index (χ1n) is 10.2. The van der Waals surface area contributed by atoms with Crippen LogP contribution >= 0.6 is 0 Å². The molecule has 1 amide bonds. The number of guanidine groups is 1. The zero-order chi connectivity index (χ0) is 19.1. The van der Waals surface area contributed by atoms with Gasteiger partial charge in [0.1, 0.15) is 0 Å². The number of nitrogens with one attached hydrogen (secondary N) is 2. The van der Waals surface area contributed by atoms with E-state index in [1.54, 1.807) is 7.05 Å². The van der Waals surface area contributed by atoms with Crippen LogP contribution in [0, 0.1) is 0 Å². The molecule has 1 aromatic rings. The molecule has 0 saturated carbocycles. The van der Waals surface area contributed by atoms with Gasteiger partial charge in [-0.15, -0.1) is 0 Å². The summed E-state index contributed by atoms with van der Waals surface area (Å²) in [6.45, 7) is 7.78. The third-order valence-electron chi connectivity index (χ3n) is 5.50. The van der Waals surface area contributed by atoms with Gasteiger partial charge >= 0.3 is 0 Å². The maximum absolute atomic E-state index is 11.8. The SMILES string of the molecule is CCC(=O)N1CCC(NC(=NC)NCc2ccc(CN3CCCC3)cc2)C1. The molecule has 2 fully saturated rings. The lowest BCUT2D eigenvalue weighted by atomic mass is 10.1. The van der Waals surface area contributed by atoms with Crippen molar-refractivity contribution in [2.45, 2.75) is 51.7 Å². The number of amides is 1. The third kappa shape index (κ3) is 5.70. The molecule has 2 heterocycles. The third-order valence-corrected chi connectivity index (χ3v) is 5.50. The Hall–Kier alpha value is -2.08. The minimum absolute atomic E-state index is 0.233. The van der Waals surface area contributed by atoms with Crippen molar-refractivity contribution in [1.29, 1.82) is 0 Å². The van der Waals surface area contributed by atoms with Crippen LogP contribution in [0.25, 0.3) is 0 Å². The molecule has 1 aromatic carbocycles. The molecule has 2 aliphatic heterocycles. The number of benzene rings is 1. The van der Waals surface area contributed by atoms with E-state index in [1.807, 2.05) is 11.8 Å². The Balaban J connectivity index is 1.43. The number of carbonyl (C=O) groups excluding carboxylic acids is 1. The first kappa shape index (κ1) is 19.7. The van der Waals surface area contributed by atoms with Crippen molar-refractivity contribution >= 4 is 11.9 Å². The summed E-state index contributed by atoms with van der Waals surface area (Å²) in [4.78, 5) is 20.6. The monoisotopic (exact) mass is 371 g/mol. The molecule has 0 spiro atoms. The maximum Gasteiger partial charge on any atom is 0.222 e. The Morgan fingerprint density at radius 3 is 2.52 bits per heavy atom. The van der Waals surface area contributed by atoms with Crippen LogP contribution in [0.5, 0.6) is 0 Å². The van der Waals surface area contributed by atoms with Crippen molar-refractivity contribution in [3.63, 3.8) is 0 Å². The van der Waals surface area contributed by atoms with Crippen LogP contribution in [0.15, 0.2) is 29.3 Å². The number of likely N-dealkylation sites (tertiary alicyclic amines) is 2. The van der Waals surface area contributed by atoms with Gasteiger partial charge < -0.3 is 15.5 Å². The zero-order valence-corrected chi connectivity index (χ0v) is 16.7. The molecule has 1 atom stereocenters. The zero-order valence-electron chi connectivity index (χ0n) is 16.7. The van der Waals surface area contributed by atoms with E-state index in [4.69, 9.17) is 0 Å². The molecule has 1 unspecified atom stereocenters. The molecule has 6 heteroatoms. The molecule has 0 radical (unpaired) electrons. The van der Waals surface area contributed by atoms with Crippen molar-refractivity contribution in [3.05, 3.63) is 35.4 Å². The summed E-state index contributed by atoms with van der Waals surface area (Å²) in [7, 11) is 1.79. The summed E-state index contributed by atoms with van der Waals surface area (Å²) in [6.07, 6.45) is 4.21. The van der Waals surface area contributed by atoms with Crippen LogP contribution < -0.4 is 10.6 Å². The lowest BCUT2D eigenvalue weighted by Gasteiger charge is -2.19. The summed E-state index contributed by atoms with van der Waals surface area (Å²) in [5.41, 5.74) is 2.63. The summed E-state index contributed by atoms with van der Waals surface area (Å²) in [5.74, 6) is 1.03. The molecular formula is C21H33N5O. The van der Waals surface area contributed by atoms with E-state index in [1.165, 1.54) is 37.1 Å².